The number of alkyl halides is 1. The summed E-state index contributed by atoms with van der Waals surface area (Å²) in [6, 6.07) is 0. The maximum Gasteiger partial charge on any atom is 0.199 e. The highest BCUT2D eigenvalue weighted by molar-refractivity contribution is 4.93. The van der Waals surface area contributed by atoms with Crippen molar-refractivity contribution in [2.75, 3.05) is 20.6 Å². The van der Waals surface area contributed by atoms with E-state index in [-0.39, 0.29) is 6.10 Å². The van der Waals surface area contributed by atoms with Crippen molar-refractivity contribution in [3.63, 3.8) is 0 Å². The molecule has 0 aliphatic heterocycles. The maximum atomic E-state index is 14.7. The van der Waals surface area contributed by atoms with Crippen molar-refractivity contribution >= 4 is 0 Å². The van der Waals surface area contributed by atoms with Crippen LogP contribution in [0.3, 0.4) is 0 Å². The summed E-state index contributed by atoms with van der Waals surface area (Å²) in [5, 5.41) is 0. The molecule has 0 bridgehead atoms. The van der Waals surface area contributed by atoms with Crippen molar-refractivity contribution < 1.29 is 9.13 Å². The highest BCUT2D eigenvalue weighted by Gasteiger charge is 2.16. The molecule has 1 atom stereocenters. The van der Waals surface area contributed by atoms with Gasteiger partial charge in [0.1, 0.15) is 0 Å². The zero-order valence-corrected chi connectivity index (χ0v) is 31.5. The summed E-state index contributed by atoms with van der Waals surface area (Å²) in [4.78, 5) is 2.12. The monoisotopic (exact) mass is 646 g/mol. The van der Waals surface area contributed by atoms with Crippen LogP contribution in [0, 0.1) is 0 Å². The minimum atomic E-state index is -1.11. The predicted octanol–water partition coefficient (Wildman–Crippen LogP) is 14.4. The lowest BCUT2D eigenvalue weighted by molar-refractivity contribution is -0.0966. The fourth-order valence-corrected chi connectivity index (χ4v) is 5.85. The Morgan fingerprint density at radius 2 is 0.826 bits per heavy atom. The van der Waals surface area contributed by atoms with Crippen molar-refractivity contribution in [2.24, 2.45) is 0 Å². The Morgan fingerprint density at radius 1 is 0.457 bits per heavy atom. The molecule has 0 fully saturated rings. The lowest BCUT2D eigenvalue weighted by Crippen LogP contribution is -2.21. The maximum absolute atomic E-state index is 14.7. The predicted molar refractivity (Wildman–Crippen MR) is 206 cm³/mol. The fraction of sp³-hybridized carbons (Fsp3) is 0.814. The topological polar surface area (TPSA) is 12.5 Å². The summed E-state index contributed by atoms with van der Waals surface area (Å²) in [5.41, 5.74) is 0. The summed E-state index contributed by atoms with van der Waals surface area (Å²) in [6.45, 7) is 5.44. The zero-order chi connectivity index (χ0) is 33.6. The average molecular weight is 646 g/mol. The summed E-state index contributed by atoms with van der Waals surface area (Å²) in [6.07, 6.45) is 51.4. The lowest BCUT2D eigenvalue weighted by atomic mass is 10.0. The van der Waals surface area contributed by atoms with Crippen LogP contribution in [0.1, 0.15) is 194 Å². The van der Waals surface area contributed by atoms with Gasteiger partial charge in [-0.1, -0.05) is 152 Å². The number of nitrogens with zero attached hydrogens (tertiary/aromatic N) is 1. The van der Waals surface area contributed by atoms with Gasteiger partial charge in [0.15, 0.2) is 6.36 Å². The number of allylic oxidation sites excluding steroid dienone is 8. The van der Waals surface area contributed by atoms with Crippen LogP contribution in [0.5, 0.6) is 0 Å². The summed E-state index contributed by atoms with van der Waals surface area (Å²) < 4.78 is 20.6. The van der Waals surface area contributed by atoms with Crippen LogP contribution in [0.15, 0.2) is 48.6 Å². The van der Waals surface area contributed by atoms with E-state index in [2.05, 4.69) is 67.4 Å². The van der Waals surface area contributed by atoms with Crippen LogP contribution < -0.4 is 0 Å². The Bertz CT molecular complexity index is 649. The second-order valence-corrected chi connectivity index (χ2v) is 13.9. The number of ether oxygens (including phenoxy) is 1. The molecule has 0 rings (SSSR count). The number of rotatable bonds is 36. The molecule has 0 heterocycles. The molecule has 0 spiro atoms. The second kappa shape index (κ2) is 38.3. The number of halogens is 1. The fourth-order valence-electron chi connectivity index (χ4n) is 5.85. The smallest absolute Gasteiger partial charge is 0.199 e. The SMILES string of the molecule is CCCCC/C=C\C/C=C\CCCCCCCCC(CCCCCCCC/C=C\C/C=C\CCCCC)OC(F)CCCN(C)C. The first kappa shape index (κ1) is 44.8. The molecule has 0 aliphatic rings. The minimum Gasteiger partial charge on any atom is -0.345 e. The van der Waals surface area contributed by atoms with E-state index < -0.39 is 6.36 Å². The van der Waals surface area contributed by atoms with Crippen LogP contribution in [0.25, 0.3) is 0 Å². The van der Waals surface area contributed by atoms with Gasteiger partial charge in [0.05, 0.1) is 6.10 Å². The van der Waals surface area contributed by atoms with Crippen molar-refractivity contribution in [3.05, 3.63) is 48.6 Å². The van der Waals surface area contributed by atoms with E-state index in [9.17, 15) is 4.39 Å². The highest BCUT2D eigenvalue weighted by Crippen LogP contribution is 2.20. The Hall–Kier alpha value is -1.19. The molecule has 0 aromatic heterocycles. The van der Waals surface area contributed by atoms with Gasteiger partial charge < -0.3 is 9.64 Å². The van der Waals surface area contributed by atoms with Crippen molar-refractivity contribution in [1.82, 2.24) is 4.90 Å². The van der Waals surface area contributed by atoms with E-state index in [1.807, 2.05) is 14.1 Å². The van der Waals surface area contributed by atoms with Gasteiger partial charge in [0.2, 0.25) is 0 Å². The molecule has 0 saturated heterocycles. The van der Waals surface area contributed by atoms with E-state index in [1.165, 1.54) is 141 Å². The third-order valence-corrected chi connectivity index (χ3v) is 8.83. The van der Waals surface area contributed by atoms with Gasteiger partial charge in [-0.2, -0.15) is 0 Å². The quantitative estimate of drug-likeness (QED) is 0.0496. The van der Waals surface area contributed by atoms with Gasteiger partial charge in [-0.3, -0.25) is 0 Å². The standard InChI is InChI=1S/C43H80FNO/c1-5-7-9-11-13-15-17-19-21-23-25-27-29-31-33-35-38-42(46-43(44)40-37-41-45(3)4)39-36-34-32-30-28-26-24-22-20-18-16-14-12-10-8-6-2/h13-16,19-22,42-43H,5-12,17-18,23-41H2,1-4H3/b15-13-,16-14-,21-19-,22-20-. The van der Waals surface area contributed by atoms with E-state index in [0.29, 0.717) is 6.42 Å². The molecule has 0 aromatic carbocycles. The van der Waals surface area contributed by atoms with Gasteiger partial charge in [0.25, 0.3) is 0 Å². The van der Waals surface area contributed by atoms with Crippen molar-refractivity contribution in [1.29, 1.82) is 0 Å². The van der Waals surface area contributed by atoms with Gasteiger partial charge >= 0.3 is 0 Å². The molecule has 46 heavy (non-hydrogen) atoms. The van der Waals surface area contributed by atoms with E-state index in [1.54, 1.807) is 0 Å². The zero-order valence-electron chi connectivity index (χ0n) is 31.5. The molecule has 270 valence electrons. The van der Waals surface area contributed by atoms with Gasteiger partial charge in [-0.15, -0.1) is 0 Å². The van der Waals surface area contributed by atoms with E-state index in [0.717, 1.165) is 38.6 Å². The van der Waals surface area contributed by atoms with Crippen LogP contribution >= 0.6 is 0 Å². The molecule has 0 amide bonds. The Labute approximate surface area is 288 Å². The lowest BCUT2D eigenvalue weighted by Gasteiger charge is -2.21. The summed E-state index contributed by atoms with van der Waals surface area (Å²) >= 11 is 0. The van der Waals surface area contributed by atoms with Crippen LogP contribution in [-0.2, 0) is 4.74 Å². The third kappa shape index (κ3) is 37.3. The molecule has 0 radical (unpaired) electrons. The molecule has 2 nitrogen and oxygen atoms in total. The number of unbranched alkanes of at least 4 members (excludes halogenated alkanes) is 18. The Morgan fingerprint density at radius 3 is 1.22 bits per heavy atom. The molecule has 0 aromatic rings. The highest BCUT2D eigenvalue weighted by atomic mass is 19.1. The van der Waals surface area contributed by atoms with E-state index >= 15 is 0 Å². The second-order valence-electron chi connectivity index (χ2n) is 13.9. The van der Waals surface area contributed by atoms with E-state index in [4.69, 9.17) is 4.74 Å². The first-order chi connectivity index (χ1) is 22.6. The first-order valence-corrected chi connectivity index (χ1v) is 20.1. The molecule has 0 N–H and O–H groups in total. The summed E-state index contributed by atoms with van der Waals surface area (Å²) in [5.74, 6) is 0. The molecule has 0 aliphatic carbocycles. The van der Waals surface area contributed by atoms with Crippen molar-refractivity contribution in [3.8, 4) is 0 Å². The van der Waals surface area contributed by atoms with Crippen LogP contribution in [0.4, 0.5) is 4.39 Å². The van der Waals surface area contributed by atoms with Crippen molar-refractivity contribution in [2.45, 2.75) is 206 Å². The molecule has 0 saturated carbocycles. The number of hydrogen-bond acceptors (Lipinski definition) is 2. The molecule has 1 unspecified atom stereocenters. The van der Waals surface area contributed by atoms with Crippen LogP contribution in [0.2, 0.25) is 0 Å². The Kier molecular flexibility index (Phi) is 37.3. The largest absolute Gasteiger partial charge is 0.345 e. The van der Waals surface area contributed by atoms with Crippen LogP contribution in [-0.4, -0.2) is 38.0 Å². The Balaban J connectivity index is 4.01. The minimum absolute atomic E-state index is 0.0889. The molecular formula is C43H80FNO. The number of hydrogen-bond donors (Lipinski definition) is 0. The van der Waals surface area contributed by atoms with Gasteiger partial charge in [-0.05, 0) is 104 Å². The normalized spacial score (nSPS) is 13.3. The van der Waals surface area contributed by atoms with Gasteiger partial charge in [0, 0.05) is 6.42 Å². The average Bonchev–Trinajstić information content (AvgIpc) is 3.04. The van der Waals surface area contributed by atoms with Gasteiger partial charge in [-0.25, -0.2) is 4.39 Å². The first-order valence-electron chi connectivity index (χ1n) is 20.1. The summed E-state index contributed by atoms with van der Waals surface area (Å²) in [7, 11) is 4.10. The third-order valence-electron chi connectivity index (χ3n) is 8.83. The molecular weight excluding hydrogens is 565 g/mol. The molecule has 3 heteroatoms.